The zero-order chi connectivity index (χ0) is 18.8. The van der Waals surface area contributed by atoms with Crippen LogP contribution in [0.5, 0.6) is 5.88 Å². The lowest BCUT2D eigenvalue weighted by atomic mass is 9.97. The van der Waals surface area contributed by atoms with Gasteiger partial charge in [0.05, 0.1) is 25.4 Å². The second kappa shape index (κ2) is 7.69. The molecular formula is C15H21F2N3O5S. The van der Waals surface area contributed by atoms with Crippen LogP contribution >= 0.6 is 0 Å². The van der Waals surface area contributed by atoms with Crippen LogP contribution in [-0.2, 0) is 19.5 Å². The summed E-state index contributed by atoms with van der Waals surface area (Å²) in [7, 11) is -2.15. The summed E-state index contributed by atoms with van der Waals surface area (Å²) in [6.07, 6.45) is -1.45. The molecule has 0 aromatic carbocycles. The topological polar surface area (TPSA) is 81.2 Å². The van der Waals surface area contributed by atoms with Gasteiger partial charge in [-0.1, -0.05) is 0 Å². The highest BCUT2D eigenvalue weighted by Gasteiger charge is 2.46. The molecule has 0 aliphatic carbocycles. The van der Waals surface area contributed by atoms with Gasteiger partial charge in [-0.25, -0.2) is 22.2 Å². The first-order chi connectivity index (χ1) is 12.3. The maximum absolute atomic E-state index is 13.1. The van der Waals surface area contributed by atoms with Crippen LogP contribution in [0.2, 0.25) is 0 Å². The molecule has 1 unspecified atom stereocenters. The number of hydrogen-bond donors (Lipinski definition) is 0. The molecular weight excluding hydrogens is 372 g/mol. The van der Waals surface area contributed by atoms with Crippen LogP contribution < -0.4 is 4.74 Å². The van der Waals surface area contributed by atoms with Crippen LogP contribution in [-0.4, -0.2) is 87.9 Å². The predicted molar refractivity (Wildman–Crippen MR) is 86.6 cm³/mol. The molecule has 3 heterocycles. The van der Waals surface area contributed by atoms with Crippen molar-refractivity contribution in [1.82, 2.24) is 14.2 Å². The molecule has 26 heavy (non-hydrogen) atoms. The molecule has 0 bridgehead atoms. The number of hydrogen-bond acceptors (Lipinski definition) is 7. The molecule has 3 rings (SSSR count). The fourth-order valence-corrected chi connectivity index (χ4v) is 4.49. The van der Waals surface area contributed by atoms with Gasteiger partial charge in [0.15, 0.2) is 6.61 Å². The fourth-order valence-electron chi connectivity index (χ4n) is 3.00. The Balaban J connectivity index is 1.86. The van der Waals surface area contributed by atoms with Gasteiger partial charge in [0.25, 0.3) is 6.43 Å². The summed E-state index contributed by atoms with van der Waals surface area (Å²) < 4.78 is 68.1. The van der Waals surface area contributed by atoms with E-state index in [4.69, 9.17) is 14.2 Å². The Labute approximate surface area is 150 Å². The van der Waals surface area contributed by atoms with E-state index in [-0.39, 0.29) is 24.1 Å². The first kappa shape index (κ1) is 19.4. The van der Waals surface area contributed by atoms with Crippen LogP contribution in [0, 0.1) is 0 Å². The van der Waals surface area contributed by atoms with Crippen LogP contribution in [0.25, 0.3) is 0 Å². The fraction of sp³-hybridized carbons (Fsp3) is 0.667. The minimum Gasteiger partial charge on any atom is -0.471 e. The van der Waals surface area contributed by atoms with Gasteiger partial charge in [0.1, 0.15) is 11.6 Å². The zero-order valence-corrected chi connectivity index (χ0v) is 15.1. The number of nitrogens with zero attached hydrogens (tertiary/aromatic N) is 3. The summed E-state index contributed by atoms with van der Waals surface area (Å²) in [5.74, 6) is -0.347. The van der Waals surface area contributed by atoms with E-state index < -0.39 is 28.6 Å². The van der Waals surface area contributed by atoms with E-state index in [0.717, 1.165) is 4.31 Å². The van der Waals surface area contributed by atoms with Gasteiger partial charge in [-0.3, -0.25) is 4.90 Å². The van der Waals surface area contributed by atoms with E-state index in [2.05, 4.69) is 4.98 Å². The Morgan fingerprint density at radius 3 is 2.88 bits per heavy atom. The lowest BCUT2D eigenvalue weighted by Crippen LogP contribution is -2.66. The highest BCUT2D eigenvalue weighted by Crippen LogP contribution is 2.30. The van der Waals surface area contributed by atoms with E-state index in [1.807, 2.05) is 11.9 Å². The van der Waals surface area contributed by atoms with Crippen molar-refractivity contribution in [3.8, 4) is 5.88 Å². The molecule has 2 aliphatic rings. The minimum absolute atomic E-state index is 0.138. The van der Waals surface area contributed by atoms with E-state index >= 15 is 0 Å². The van der Waals surface area contributed by atoms with Crippen molar-refractivity contribution in [3.63, 3.8) is 0 Å². The second-order valence-electron chi connectivity index (χ2n) is 6.30. The summed E-state index contributed by atoms with van der Waals surface area (Å²) in [6.45, 7) is 1.01. The highest BCUT2D eigenvalue weighted by atomic mass is 32.2. The van der Waals surface area contributed by atoms with E-state index in [0.29, 0.717) is 26.4 Å². The Kier molecular flexibility index (Phi) is 5.72. The number of ether oxygens (including phenoxy) is 3. The molecule has 1 spiro atoms. The summed E-state index contributed by atoms with van der Waals surface area (Å²) >= 11 is 0. The number of rotatable bonds is 5. The van der Waals surface area contributed by atoms with E-state index in [1.165, 1.54) is 18.3 Å². The van der Waals surface area contributed by atoms with Gasteiger partial charge in [-0.05, 0) is 19.2 Å². The number of halogens is 2. The SMILES string of the molecule is CN1CCOCC12COCN(S(=O)(=O)c1cccnc1OCC(F)F)C2. The number of pyridine rings is 1. The Morgan fingerprint density at radius 1 is 1.38 bits per heavy atom. The Hall–Kier alpha value is -1.40. The molecule has 1 atom stereocenters. The number of alkyl halides is 2. The quantitative estimate of drug-likeness (QED) is 0.717. The third-order valence-corrected chi connectivity index (χ3v) is 6.31. The van der Waals surface area contributed by atoms with E-state index in [1.54, 1.807) is 0 Å². The van der Waals surface area contributed by atoms with Crippen molar-refractivity contribution < 1.29 is 31.4 Å². The van der Waals surface area contributed by atoms with Crippen molar-refractivity contribution in [1.29, 1.82) is 0 Å². The minimum atomic E-state index is -4.05. The second-order valence-corrected chi connectivity index (χ2v) is 8.21. The van der Waals surface area contributed by atoms with Crippen molar-refractivity contribution in [2.24, 2.45) is 0 Å². The molecule has 1 aromatic rings. The monoisotopic (exact) mass is 393 g/mol. The van der Waals surface area contributed by atoms with Gasteiger partial charge in [-0.15, -0.1) is 0 Å². The predicted octanol–water partition coefficient (Wildman–Crippen LogP) is 0.405. The highest BCUT2D eigenvalue weighted by molar-refractivity contribution is 7.89. The molecule has 146 valence electrons. The summed E-state index contributed by atoms with van der Waals surface area (Å²) in [4.78, 5) is 5.55. The van der Waals surface area contributed by atoms with Gasteiger partial charge in [0.2, 0.25) is 15.9 Å². The standard InChI is InChI=1S/C15H21F2N3O5S/c1-19-5-6-23-9-15(19)8-20(11-24-10-15)26(21,22)12-3-2-4-18-14(12)25-7-13(16)17/h2-4,13H,5-11H2,1H3. The zero-order valence-electron chi connectivity index (χ0n) is 14.3. The first-order valence-corrected chi connectivity index (χ1v) is 9.52. The Bertz CT molecular complexity index is 732. The van der Waals surface area contributed by atoms with Crippen LogP contribution in [0.3, 0.4) is 0 Å². The molecule has 11 heteroatoms. The molecule has 2 aliphatic heterocycles. The summed E-state index contributed by atoms with van der Waals surface area (Å²) in [5, 5.41) is 0. The van der Waals surface area contributed by atoms with Gasteiger partial charge >= 0.3 is 0 Å². The van der Waals surface area contributed by atoms with Crippen LogP contribution in [0.1, 0.15) is 0 Å². The molecule has 8 nitrogen and oxygen atoms in total. The van der Waals surface area contributed by atoms with Crippen molar-refractivity contribution >= 4 is 10.0 Å². The van der Waals surface area contributed by atoms with Crippen molar-refractivity contribution in [3.05, 3.63) is 18.3 Å². The lowest BCUT2D eigenvalue weighted by Gasteiger charge is -2.49. The molecule has 0 amide bonds. The van der Waals surface area contributed by atoms with Crippen molar-refractivity contribution in [2.75, 3.05) is 53.3 Å². The summed E-state index contributed by atoms with van der Waals surface area (Å²) in [5.41, 5.74) is -0.588. The van der Waals surface area contributed by atoms with Gasteiger partial charge in [0, 0.05) is 19.3 Å². The number of sulfonamides is 1. The van der Waals surface area contributed by atoms with Gasteiger partial charge < -0.3 is 14.2 Å². The maximum Gasteiger partial charge on any atom is 0.272 e. The van der Waals surface area contributed by atoms with Crippen molar-refractivity contribution in [2.45, 2.75) is 16.9 Å². The van der Waals surface area contributed by atoms with Crippen LogP contribution in [0.15, 0.2) is 23.2 Å². The number of morpholine rings is 1. The molecule has 2 saturated heterocycles. The number of aromatic nitrogens is 1. The molecule has 0 saturated carbocycles. The molecule has 2 fully saturated rings. The summed E-state index contributed by atoms with van der Waals surface area (Å²) in [6, 6.07) is 2.70. The first-order valence-electron chi connectivity index (χ1n) is 8.08. The third-order valence-electron chi connectivity index (χ3n) is 4.53. The molecule has 1 aromatic heterocycles. The Morgan fingerprint density at radius 2 is 2.15 bits per heavy atom. The van der Waals surface area contributed by atoms with Crippen LogP contribution in [0.4, 0.5) is 8.78 Å². The smallest absolute Gasteiger partial charge is 0.272 e. The third kappa shape index (κ3) is 3.81. The molecule has 0 N–H and O–H groups in total. The average Bonchev–Trinajstić information content (AvgIpc) is 2.63. The molecule has 0 radical (unpaired) electrons. The normalized spacial score (nSPS) is 25.7. The average molecular weight is 393 g/mol. The number of likely N-dealkylation sites (N-methyl/N-ethyl adjacent to an activating group) is 1. The van der Waals surface area contributed by atoms with E-state index in [9.17, 15) is 17.2 Å². The lowest BCUT2D eigenvalue weighted by molar-refractivity contribution is -0.138. The largest absolute Gasteiger partial charge is 0.471 e. The van der Waals surface area contributed by atoms with Gasteiger partial charge in [-0.2, -0.15) is 4.31 Å². The maximum atomic E-state index is 13.1.